The predicted molar refractivity (Wildman–Crippen MR) is 87.9 cm³/mol. The van der Waals surface area contributed by atoms with Gasteiger partial charge >= 0.3 is 42.6 Å². The maximum absolute atomic E-state index is 4.97. The van der Waals surface area contributed by atoms with Crippen molar-refractivity contribution < 1.29 is 14.7 Å². The SMILES string of the molecule is CC[Si](C)(C)Cc1cc2c([cH-]1)CCCC2.[Cl][Ti+]([Cl])[Cl]. The summed E-state index contributed by atoms with van der Waals surface area (Å²) in [5.74, 6) is 0. The first kappa shape index (κ1) is 18.2. The molecule has 5 heteroatoms. The van der Waals surface area contributed by atoms with Crippen LogP contribution >= 0.6 is 27.9 Å². The Labute approximate surface area is 136 Å². The van der Waals surface area contributed by atoms with Crippen LogP contribution in [-0.4, -0.2) is 8.07 Å². The molecule has 0 unspecified atom stereocenters. The zero-order valence-electron chi connectivity index (χ0n) is 12.0. The molecule has 0 fully saturated rings. The van der Waals surface area contributed by atoms with Crippen molar-refractivity contribution >= 4 is 36.0 Å². The standard InChI is InChI=1S/C14H23Si.3ClH.Ti/c1-4-15(2,3)11-12-9-13-7-5-6-8-14(13)10-12;;;;/h9-10H,4-8,11H2,1-3H3;3*1H;/q-1;;;;+4/p-3. The summed E-state index contributed by atoms with van der Waals surface area (Å²) in [6.45, 7) is 7.38. The molecule has 2 rings (SSSR count). The maximum atomic E-state index is 4.97. The van der Waals surface area contributed by atoms with Crippen LogP contribution in [0.25, 0.3) is 0 Å². The molecule has 1 aliphatic rings. The fourth-order valence-electron chi connectivity index (χ4n) is 2.55. The van der Waals surface area contributed by atoms with Gasteiger partial charge < -0.3 is 0 Å². The Morgan fingerprint density at radius 3 is 2.32 bits per heavy atom. The summed E-state index contributed by atoms with van der Waals surface area (Å²) in [5, 5.41) is 0. The number of halogens is 3. The molecule has 0 N–H and O–H groups in total. The minimum atomic E-state index is -1.92. The first-order valence-electron chi connectivity index (χ1n) is 6.95. The normalized spacial score (nSPS) is 14.4. The van der Waals surface area contributed by atoms with E-state index in [1.54, 1.807) is 16.7 Å². The summed E-state index contributed by atoms with van der Waals surface area (Å²) in [6.07, 6.45) is 5.49. The van der Waals surface area contributed by atoms with E-state index in [9.17, 15) is 0 Å². The third-order valence-corrected chi connectivity index (χ3v) is 7.19. The predicted octanol–water partition coefficient (Wildman–Crippen LogP) is 6.16. The van der Waals surface area contributed by atoms with Gasteiger partial charge in [0.15, 0.2) is 0 Å². The Hall–Kier alpha value is 1.15. The average Bonchev–Trinajstić information content (AvgIpc) is 2.69. The number of hydrogen-bond donors (Lipinski definition) is 0. The van der Waals surface area contributed by atoms with Crippen molar-refractivity contribution in [1.82, 2.24) is 0 Å². The summed E-state index contributed by atoms with van der Waals surface area (Å²) in [7, 11) is 14.0. The number of aryl methyl sites for hydroxylation is 2. The second-order valence-corrected chi connectivity index (χ2v) is 19.2. The first-order chi connectivity index (χ1) is 8.84. The Kier molecular flexibility index (Phi) is 8.20. The molecule has 19 heavy (non-hydrogen) atoms. The molecule has 0 radical (unpaired) electrons. The summed E-state index contributed by atoms with van der Waals surface area (Å²) in [4.78, 5) is 0. The quantitative estimate of drug-likeness (QED) is 0.439. The van der Waals surface area contributed by atoms with E-state index in [0.29, 0.717) is 0 Å². The van der Waals surface area contributed by atoms with Crippen LogP contribution in [0.15, 0.2) is 12.1 Å². The number of fused-ring (bicyclic) bond motifs is 1. The van der Waals surface area contributed by atoms with Gasteiger partial charge in [-0.2, -0.15) is 22.8 Å². The summed E-state index contributed by atoms with van der Waals surface area (Å²) < 4.78 is 0. The molecule has 0 nitrogen and oxygen atoms in total. The van der Waals surface area contributed by atoms with Gasteiger partial charge in [-0.25, -0.2) is 6.07 Å². The van der Waals surface area contributed by atoms with Crippen molar-refractivity contribution in [3.05, 3.63) is 28.8 Å². The van der Waals surface area contributed by atoms with Crippen molar-refractivity contribution in [2.24, 2.45) is 0 Å². The van der Waals surface area contributed by atoms with Crippen molar-refractivity contribution in [2.75, 3.05) is 0 Å². The molecule has 0 amide bonds. The van der Waals surface area contributed by atoms with Gasteiger partial charge in [0.2, 0.25) is 0 Å². The van der Waals surface area contributed by atoms with Crippen LogP contribution in [-0.2, 0) is 33.6 Å². The molecule has 0 bridgehead atoms. The molecule has 0 aliphatic heterocycles. The molecular weight excluding hydrogens is 350 g/mol. The Morgan fingerprint density at radius 1 is 1.21 bits per heavy atom. The van der Waals surface area contributed by atoms with Crippen molar-refractivity contribution in [1.29, 1.82) is 0 Å². The van der Waals surface area contributed by atoms with Gasteiger partial charge in [0.1, 0.15) is 0 Å². The van der Waals surface area contributed by atoms with Crippen LogP contribution in [0.1, 0.15) is 36.5 Å². The average molecular weight is 374 g/mol. The minimum absolute atomic E-state index is 0.933. The molecule has 108 valence electrons. The Balaban J connectivity index is 0.000000399. The number of hydrogen-bond acceptors (Lipinski definition) is 0. The topological polar surface area (TPSA) is 0 Å². The molecule has 0 saturated carbocycles. The third-order valence-electron chi connectivity index (χ3n) is 3.91. The van der Waals surface area contributed by atoms with E-state index >= 15 is 0 Å². The molecule has 0 saturated heterocycles. The molecule has 0 heterocycles. The van der Waals surface area contributed by atoms with Gasteiger partial charge in [0.25, 0.3) is 0 Å². The van der Waals surface area contributed by atoms with Crippen molar-refractivity contribution in [3.8, 4) is 0 Å². The van der Waals surface area contributed by atoms with Crippen LogP contribution in [0, 0.1) is 0 Å². The first-order valence-corrected chi connectivity index (χ1v) is 16.8. The van der Waals surface area contributed by atoms with Crippen LogP contribution in [0.3, 0.4) is 0 Å². The monoisotopic (exact) mass is 372 g/mol. The van der Waals surface area contributed by atoms with E-state index in [1.807, 2.05) is 0 Å². The van der Waals surface area contributed by atoms with E-state index in [4.69, 9.17) is 27.9 Å². The van der Waals surface area contributed by atoms with E-state index in [-0.39, 0.29) is 0 Å². The molecule has 0 aromatic heterocycles. The van der Waals surface area contributed by atoms with Crippen LogP contribution in [0.5, 0.6) is 0 Å². The van der Waals surface area contributed by atoms with Crippen molar-refractivity contribution in [2.45, 2.75) is 57.8 Å². The zero-order valence-corrected chi connectivity index (χ0v) is 16.9. The number of rotatable bonds is 3. The molecule has 1 aromatic rings. The summed E-state index contributed by atoms with van der Waals surface area (Å²) >= 11 is -1.92. The van der Waals surface area contributed by atoms with E-state index in [0.717, 1.165) is 0 Å². The Bertz CT molecular complexity index is 362. The van der Waals surface area contributed by atoms with E-state index in [1.165, 1.54) is 37.8 Å². The fourth-order valence-corrected chi connectivity index (χ4v) is 4.11. The van der Waals surface area contributed by atoms with Gasteiger partial charge in [0.05, 0.1) is 0 Å². The third kappa shape index (κ3) is 7.11. The van der Waals surface area contributed by atoms with Gasteiger partial charge in [-0.1, -0.05) is 57.8 Å². The van der Waals surface area contributed by atoms with E-state index < -0.39 is 22.8 Å². The second-order valence-electron chi connectivity index (χ2n) is 6.03. The summed E-state index contributed by atoms with van der Waals surface area (Å²) in [6, 6.07) is 7.79. The van der Waals surface area contributed by atoms with Gasteiger partial charge in [-0.15, -0.1) is 0 Å². The van der Waals surface area contributed by atoms with Crippen LogP contribution in [0.2, 0.25) is 19.1 Å². The van der Waals surface area contributed by atoms with E-state index in [2.05, 4.69) is 32.2 Å². The molecule has 0 spiro atoms. The van der Waals surface area contributed by atoms with Crippen LogP contribution in [0.4, 0.5) is 0 Å². The second kappa shape index (κ2) is 8.56. The Morgan fingerprint density at radius 2 is 1.79 bits per heavy atom. The van der Waals surface area contributed by atoms with Gasteiger partial charge in [0, 0.05) is 8.07 Å². The molecule has 1 aromatic carbocycles. The molecule has 0 atom stereocenters. The molecular formula is C14H23Cl3SiTi. The van der Waals surface area contributed by atoms with Crippen molar-refractivity contribution in [3.63, 3.8) is 0 Å². The van der Waals surface area contributed by atoms with Crippen LogP contribution < -0.4 is 0 Å². The van der Waals surface area contributed by atoms with Gasteiger partial charge in [-0.05, 0) is 0 Å². The zero-order chi connectivity index (χ0) is 14.5. The summed E-state index contributed by atoms with van der Waals surface area (Å²) in [5.41, 5.74) is 4.97. The molecule has 1 aliphatic carbocycles. The fraction of sp³-hybridized carbons (Fsp3) is 0.643. The van der Waals surface area contributed by atoms with Gasteiger partial charge in [-0.3, -0.25) is 0 Å².